The SMILES string of the molecule is Cc1cc(-n2c3[c-]c(Oc4[c-]c(-n5[c](=[Pt])n(-c6c(-c7ccccc7)cccc6-c6ccccc6)c6ccccc65)ccc4)ccc3c3ccccc32)ncc1-c1ncccn1. The Morgan fingerprint density at radius 1 is 0.508 bits per heavy atom. The smallest absolute Gasteiger partial charge is 0.237 e. The molecule has 7 nitrogen and oxygen atoms in total. The van der Waals surface area contributed by atoms with Crippen LogP contribution in [-0.2, 0) is 19.4 Å². The van der Waals surface area contributed by atoms with Gasteiger partial charge in [0.05, 0.1) is 0 Å². The first kappa shape index (κ1) is 36.6. The summed E-state index contributed by atoms with van der Waals surface area (Å²) < 4.78 is 14.4. The fourth-order valence-corrected chi connectivity index (χ4v) is 9.37. The molecule has 0 aliphatic rings. The Morgan fingerprint density at radius 3 is 1.84 bits per heavy atom. The van der Waals surface area contributed by atoms with Gasteiger partial charge in [-0.1, -0.05) is 12.1 Å². The zero-order valence-electron chi connectivity index (χ0n) is 32.8. The van der Waals surface area contributed by atoms with Gasteiger partial charge in [0, 0.05) is 24.2 Å². The van der Waals surface area contributed by atoms with Gasteiger partial charge in [-0.15, -0.1) is 0 Å². The van der Waals surface area contributed by atoms with E-state index < -0.39 is 0 Å². The number of benzene rings is 7. The molecule has 0 fully saturated rings. The van der Waals surface area contributed by atoms with Gasteiger partial charge in [-0.25, -0.2) is 9.97 Å². The van der Waals surface area contributed by atoms with E-state index in [1.54, 1.807) is 12.4 Å². The maximum atomic E-state index is 6.65. The fraction of sp³-hybridized carbons (Fsp3) is 0.0189. The van der Waals surface area contributed by atoms with Crippen LogP contribution in [0.2, 0.25) is 0 Å². The van der Waals surface area contributed by atoms with E-state index in [2.05, 4.69) is 202 Å². The molecule has 0 N–H and O–H groups in total. The van der Waals surface area contributed by atoms with Crippen molar-refractivity contribution in [3.05, 3.63) is 210 Å². The van der Waals surface area contributed by atoms with E-state index in [-0.39, 0.29) is 0 Å². The van der Waals surface area contributed by atoms with Gasteiger partial charge in [0.2, 0.25) is 0 Å². The van der Waals surface area contributed by atoms with E-state index in [1.807, 2.05) is 36.5 Å². The van der Waals surface area contributed by atoms with Crippen LogP contribution in [0.25, 0.3) is 83.7 Å². The normalized spacial score (nSPS) is 11.5. The standard InChI is InChI=1S/C53H34N6O.Pt/c1-36-31-51(56-34-46(36)53-54-29-14-30-55-53)59-47-24-9-8-21-44(47)45-28-27-41(33-50(45)59)60-40-20-12-19-39(32-40)57-35-58(49-26-11-10-25-48(49)57)52-42(37-15-4-2-5-16-37)22-13-23-43(52)38-17-6-3-7-18-38;/h2-31,34H,1H3;/q-2;. The second-order valence-electron chi connectivity index (χ2n) is 14.7. The summed E-state index contributed by atoms with van der Waals surface area (Å²) in [5.41, 5.74) is 12.5. The number of para-hydroxylation sites is 4. The topological polar surface area (TPSA) is 62.7 Å². The van der Waals surface area contributed by atoms with Gasteiger partial charge in [0.15, 0.2) is 5.82 Å². The molecule has 0 aliphatic heterocycles. The molecule has 0 saturated carbocycles. The Hall–Kier alpha value is -7.47. The first-order chi connectivity index (χ1) is 30.1. The van der Waals surface area contributed by atoms with Crippen LogP contribution >= 0.6 is 0 Å². The van der Waals surface area contributed by atoms with Crippen LogP contribution in [0.5, 0.6) is 11.5 Å². The summed E-state index contributed by atoms with van der Waals surface area (Å²) >= 11 is 2.46. The summed E-state index contributed by atoms with van der Waals surface area (Å²) in [7, 11) is 0. The fourth-order valence-electron chi connectivity index (χ4n) is 8.29. The number of hydrogen-bond acceptors (Lipinski definition) is 4. The quantitative estimate of drug-likeness (QED) is 0.142. The average Bonchev–Trinajstić information content (AvgIpc) is 3.80. The molecular weight excluding hydrogens is 932 g/mol. The molecular formula is C53H34N6OPt-2. The minimum atomic E-state index is 0.572. The second-order valence-corrected chi connectivity index (χ2v) is 15.7. The molecule has 8 heteroatoms. The number of pyridine rings is 1. The minimum absolute atomic E-state index is 0.572. The predicted octanol–water partition coefficient (Wildman–Crippen LogP) is 12.5. The maximum absolute atomic E-state index is 6.65. The van der Waals surface area contributed by atoms with Crippen molar-refractivity contribution in [2.45, 2.75) is 6.92 Å². The number of imidazole rings is 1. The molecule has 61 heavy (non-hydrogen) atoms. The summed E-state index contributed by atoms with van der Waals surface area (Å²) in [6, 6.07) is 65.9. The monoisotopic (exact) mass is 965 g/mol. The van der Waals surface area contributed by atoms with Crippen LogP contribution < -0.4 is 4.74 Å². The molecule has 0 bridgehead atoms. The third-order valence-electron chi connectivity index (χ3n) is 11.0. The summed E-state index contributed by atoms with van der Waals surface area (Å²) in [5.74, 6) is 2.57. The zero-order chi connectivity index (χ0) is 40.9. The first-order valence-corrected chi connectivity index (χ1v) is 21.1. The van der Waals surface area contributed by atoms with Gasteiger partial charge in [-0.05, 0) is 18.6 Å². The molecule has 0 radical (unpaired) electrons. The Bertz CT molecular complexity index is 3430. The van der Waals surface area contributed by atoms with Crippen LogP contribution in [0.1, 0.15) is 5.56 Å². The molecule has 0 saturated heterocycles. The summed E-state index contributed by atoms with van der Waals surface area (Å²) in [5, 5.41) is 2.16. The van der Waals surface area contributed by atoms with Gasteiger partial charge in [0.25, 0.3) is 0 Å². The Balaban J connectivity index is 1.02. The Labute approximate surface area is 362 Å². The predicted molar refractivity (Wildman–Crippen MR) is 239 cm³/mol. The third kappa shape index (κ3) is 6.42. The van der Waals surface area contributed by atoms with Crippen molar-refractivity contribution in [3.63, 3.8) is 0 Å². The molecule has 11 aromatic rings. The van der Waals surface area contributed by atoms with Crippen molar-refractivity contribution in [2.75, 3.05) is 0 Å². The van der Waals surface area contributed by atoms with Crippen molar-refractivity contribution in [1.29, 1.82) is 0 Å². The molecule has 0 aliphatic carbocycles. The number of aromatic nitrogens is 6. The summed E-state index contributed by atoms with van der Waals surface area (Å²) in [6.45, 7) is 2.06. The molecule has 0 atom stereocenters. The van der Waals surface area contributed by atoms with E-state index in [9.17, 15) is 0 Å². The number of hydrogen-bond donors (Lipinski definition) is 0. The molecule has 0 unspecified atom stereocenters. The first-order valence-electron chi connectivity index (χ1n) is 19.9. The zero-order valence-corrected chi connectivity index (χ0v) is 35.1. The van der Waals surface area contributed by atoms with Crippen molar-refractivity contribution in [2.24, 2.45) is 0 Å². The Morgan fingerprint density at radius 2 is 1.13 bits per heavy atom. The molecule has 294 valence electrons. The van der Waals surface area contributed by atoms with E-state index in [4.69, 9.17) is 9.72 Å². The molecule has 4 aromatic heterocycles. The van der Waals surface area contributed by atoms with Crippen LogP contribution in [0.4, 0.5) is 0 Å². The Kier molecular flexibility index (Phi) is 9.17. The van der Waals surface area contributed by atoms with Gasteiger partial charge < -0.3 is 0 Å². The van der Waals surface area contributed by atoms with Gasteiger partial charge in [-0.2, -0.15) is 0 Å². The summed E-state index contributed by atoms with van der Waals surface area (Å²) in [4.78, 5) is 13.8. The number of aryl methyl sites for hydroxylation is 1. The van der Waals surface area contributed by atoms with E-state index in [0.29, 0.717) is 17.3 Å². The van der Waals surface area contributed by atoms with Crippen molar-refractivity contribution in [1.82, 2.24) is 28.7 Å². The van der Waals surface area contributed by atoms with Crippen LogP contribution in [0.15, 0.2) is 188 Å². The number of nitrogens with zero attached hydrogens (tertiary/aromatic N) is 6. The van der Waals surface area contributed by atoms with Crippen molar-refractivity contribution >= 4 is 32.8 Å². The number of rotatable bonds is 8. The summed E-state index contributed by atoms with van der Waals surface area (Å²) in [6.07, 6.45) is 5.34. The van der Waals surface area contributed by atoms with Gasteiger partial charge >= 0.3 is 294 Å². The molecule has 0 spiro atoms. The van der Waals surface area contributed by atoms with Crippen LogP contribution in [0, 0.1) is 22.9 Å². The molecule has 4 heterocycles. The van der Waals surface area contributed by atoms with E-state index in [1.165, 1.54) is 0 Å². The minimum Gasteiger partial charge on any atom is -0.237 e. The van der Waals surface area contributed by atoms with Crippen molar-refractivity contribution < 1.29 is 24.1 Å². The molecule has 0 amide bonds. The van der Waals surface area contributed by atoms with E-state index >= 15 is 0 Å². The molecule has 7 aromatic carbocycles. The van der Waals surface area contributed by atoms with Gasteiger partial charge in [0.1, 0.15) is 0 Å². The molecule has 11 rings (SSSR count). The second kappa shape index (κ2) is 15.3. The third-order valence-corrected chi connectivity index (χ3v) is 12.1. The van der Waals surface area contributed by atoms with Crippen LogP contribution in [-0.4, -0.2) is 28.7 Å². The van der Waals surface area contributed by atoms with E-state index in [0.717, 1.165) is 87.2 Å². The number of ether oxygens (including phenoxy) is 1. The number of fused-ring (bicyclic) bond motifs is 4. The average molecular weight is 966 g/mol. The van der Waals surface area contributed by atoms with Crippen molar-refractivity contribution in [3.8, 4) is 62.3 Å². The van der Waals surface area contributed by atoms with Gasteiger partial charge in [-0.3, -0.25) is 0 Å². The van der Waals surface area contributed by atoms with Crippen LogP contribution in [0.3, 0.4) is 0 Å².